The van der Waals surface area contributed by atoms with Crippen molar-refractivity contribution in [1.82, 2.24) is 15.2 Å². The molecule has 3 heterocycles. The molecule has 3 N–H and O–H groups in total. The number of carbonyl (C=O) groups excluding carboxylic acids is 3. The number of benzene rings is 3. The SMILES string of the molecule is CO/N=C(\C(=O)NC1C(=O)N2C(C(=O)OC(C)(C)C)=C(/C=C/CO)SCC12)c1csc(NC(c2ccccc2)(c2ccccc2)c2ccccc2)n1. The highest BCUT2D eigenvalue weighted by atomic mass is 32.2. The van der Waals surface area contributed by atoms with Crippen molar-refractivity contribution in [2.45, 2.75) is 44.0 Å². The average molecular weight is 738 g/mol. The molecule has 13 heteroatoms. The fourth-order valence-corrected chi connectivity index (χ4v) is 8.16. The molecular weight excluding hydrogens is 699 g/mol. The van der Waals surface area contributed by atoms with Crippen molar-refractivity contribution in [2.75, 3.05) is 24.8 Å². The first kappa shape index (κ1) is 36.5. The maximum absolute atomic E-state index is 13.8. The average Bonchev–Trinajstić information content (AvgIpc) is 3.61. The van der Waals surface area contributed by atoms with Gasteiger partial charge in [-0.05, 0) is 43.5 Å². The van der Waals surface area contributed by atoms with E-state index in [1.54, 1.807) is 32.2 Å². The van der Waals surface area contributed by atoms with Gasteiger partial charge in [-0.25, -0.2) is 9.78 Å². The van der Waals surface area contributed by atoms with Gasteiger partial charge in [0.05, 0.1) is 12.6 Å². The standard InChI is InChI=1S/C39H39N5O6S2/c1-38(2,3)50-36(48)33-30(21-14-22-45)51-24-29-32(35(47)44(29)33)41-34(46)31(43-49-4)28-23-52-37(40-28)42-39(25-15-8-5-9-16-25,26-17-10-6-11-18-26)27-19-12-7-13-20-27/h5-21,23,29,32,45H,22,24H2,1-4H3,(H,40,42)(H,41,46)/b21-14+,43-31-. The monoisotopic (exact) mass is 737 g/mol. The van der Waals surface area contributed by atoms with Gasteiger partial charge < -0.3 is 25.3 Å². The number of allylic oxidation sites excluding steroid dienone is 1. The first-order chi connectivity index (χ1) is 25.1. The molecule has 1 fully saturated rings. The molecule has 268 valence electrons. The van der Waals surface area contributed by atoms with E-state index < -0.39 is 41.0 Å². The number of hydrogen-bond acceptors (Lipinski definition) is 11. The van der Waals surface area contributed by atoms with Gasteiger partial charge in [-0.15, -0.1) is 23.1 Å². The number of ether oxygens (including phenoxy) is 1. The van der Waals surface area contributed by atoms with E-state index in [1.807, 2.05) is 54.6 Å². The van der Waals surface area contributed by atoms with E-state index in [4.69, 9.17) is 14.6 Å². The quantitative estimate of drug-likeness (QED) is 0.0570. The molecule has 0 radical (unpaired) electrons. The minimum atomic E-state index is -0.930. The lowest BCUT2D eigenvalue weighted by molar-refractivity contribution is -0.160. The second kappa shape index (κ2) is 15.6. The van der Waals surface area contributed by atoms with E-state index >= 15 is 0 Å². The Labute approximate surface area is 310 Å². The summed E-state index contributed by atoms with van der Waals surface area (Å²) in [6.45, 7) is 4.99. The van der Waals surface area contributed by atoms with E-state index in [-0.39, 0.29) is 23.7 Å². The Bertz CT molecular complexity index is 1910. The third kappa shape index (κ3) is 7.38. The molecule has 4 aromatic rings. The molecule has 2 amide bonds. The molecule has 1 saturated heterocycles. The highest BCUT2D eigenvalue weighted by molar-refractivity contribution is 8.03. The number of aromatic nitrogens is 1. The molecule has 0 saturated carbocycles. The van der Waals surface area contributed by atoms with Gasteiger partial charge in [0.25, 0.3) is 11.8 Å². The first-order valence-electron chi connectivity index (χ1n) is 16.6. The summed E-state index contributed by atoms with van der Waals surface area (Å²) in [7, 11) is 1.33. The van der Waals surface area contributed by atoms with E-state index in [2.05, 4.69) is 52.2 Å². The van der Waals surface area contributed by atoms with Crippen molar-refractivity contribution in [2.24, 2.45) is 5.16 Å². The molecule has 2 unspecified atom stereocenters. The summed E-state index contributed by atoms with van der Waals surface area (Å²) < 4.78 is 5.62. The van der Waals surface area contributed by atoms with Gasteiger partial charge in [0.2, 0.25) is 0 Å². The molecule has 2 atom stereocenters. The number of rotatable bonds is 12. The minimum absolute atomic E-state index is 0.0797. The number of fused-ring (bicyclic) bond motifs is 1. The van der Waals surface area contributed by atoms with Crippen molar-refractivity contribution in [1.29, 1.82) is 0 Å². The first-order valence-corrected chi connectivity index (χ1v) is 18.5. The Hall–Kier alpha value is -5.24. The van der Waals surface area contributed by atoms with Gasteiger partial charge in [0, 0.05) is 16.0 Å². The number of thioether (sulfide) groups is 1. The van der Waals surface area contributed by atoms with Gasteiger partial charge >= 0.3 is 5.97 Å². The Kier molecular flexibility index (Phi) is 10.9. The minimum Gasteiger partial charge on any atom is -0.455 e. The maximum Gasteiger partial charge on any atom is 0.356 e. The number of carbonyl (C=O) groups is 3. The number of anilines is 1. The lowest BCUT2D eigenvalue weighted by Crippen LogP contribution is -2.73. The Morgan fingerprint density at radius 2 is 1.56 bits per heavy atom. The van der Waals surface area contributed by atoms with Crippen LogP contribution in [0.3, 0.4) is 0 Å². The number of aliphatic hydroxyl groups is 1. The van der Waals surface area contributed by atoms with Gasteiger partial charge in [0.1, 0.15) is 35.7 Å². The predicted octanol–water partition coefficient (Wildman–Crippen LogP) is 5.44. The Morgan fingerprint density at radius 1 is 0.981 bits per heavy atom. The molecule has 2 aliphatic heterocycles. The maximum atomic E-state index is 13.8. The van der Waals surface area contributed by atoms with Gasteiger partial charge in [-0.1, -0.05) is 102 Å². The fraction of sp³-hybridized carbons (Fsp3) is 0.256. The number of β-lactam (4-membered cyclic amide) rings is 1. The van der Waals surface area contributed by atoms with Gasteiger partial charge in [0.15, 0.2) is 10.8 Å². The normalized spacial score (nSPS) is 17.8. The van der Waals surface area contributed by atoms with Crippen LogP contribution >= 0.6 is 23.1 Å². The lowest BCUT2D eigenvalue weighted by atomic mass is 9.77. The van der Waals surface area contributed by atoms with Crippen LogP contribution in [0.5, 0.6) is 0 Å². The molecule has 6 rings (SSSR count). The van der Waals surface area contributed by atoms with E-state index in [0.29, 0.717) is 15.8 Å². The number of aliphatic hydroxyl groups excluding tert-OH is 1. The van der Waals surface area contributed by atoms with E-state index in [9.17, 15) is 19.5 Å². The summed E-state index contributed by atoms with van der Waals surface area (Å²) in [4.78, 5) is 52.5. The van der Waals surface area contributed by atoms with Crippen LogP contribution in [-0.4, -0.2) is 75.6 Å². The van der Waals surface area contributed by atoms with Crippen LogP contribution < -0.4 is 10.6 Å². The second-order valence-corrected chi connectivity index (χ2v) is 14.9. The van der Waals surface area contributed by atoms with Crippen LogP contribution in [-0.2, 0) is 29.5 Å². The number of hydrogen-bond donors (Lipinski definition) is 3. The summed E-state index contributed by atoms with van der Waals surface area (Å²) in [6.07, 6.45) is 3.09. The molecule has 2 aliphatic rings. The molecule has 0 bridgehead atoms. The lowest BCUT2D eigenvalue weighted by Gasteiger charge is -2.50. The van der Waals surface area contributed by atoms with E-state index in [0.717, 1.165) is 16.7 Å². The second-order valence-electron chi connectivity index (χ2n) is 13.0. The molecule has 1 aromatic heterocycles. The van der Waals surface area contributed by atoms with Crippen LogP contribution in [0.15, 0.2) is 124 Å². The van der Waals surface area contributed by atoms with Crippen LogP contribution in [0.1, 0.15) is 43.2 Å². The van der Waals surface area contributed by atoms with Crippen LogP contribution in [0.2, 0.25) is 0 Å². The summed E-state index contributed by atoms with van der Waals surface area (Å²) in [6, 6.07) is 28.8. The third-order valence-electron chi connectivity index (χ3n) is 8.42. The predicted molar refractivity (Wildman–Crippen MR) is 203 cm³/mol. The molecular formula is C39H39N5O6S2. The molecule has 0 spiro atoms. The Balaban J connectivity index is 1.28. The topological polar surface area (TPSA) is 142 Å². The van der Waals surface area contributed by atoms with Gasteiger partial charge in [-0.3, -0.25) is 14.5 Å². The summed E-state index contributed by atoms with van der Waals surface area (Å²) >= 11 is 2.65. The smallest absolute Gasteiger partial charge is 0.356 e. The number of nitrogens with zero attached hydrogens (tertiary/aromatic N) is 3. The molecule has 11 nitrogen and oxygen atoms in total. The van der Waals surface area contributed by atoms with Crippen molar-refractivity contribution < 1.29 is 29.1 Å². The third-order valence-corrected chi connectivity index (χ3v) is 10.3. The number of nitrogens with one attached hydrogen (secondary N) is 2. The highest BCUT2D eigenvalue weighted by Crippen LogP contribution is 2.42. The van der Waals surface area contributed by atoms with Crippen LogP contribution in [0, 0.1) is 0 Å². The number of thiazole rings is 1. The summed E-state index contributed by atoms with van der Waals surface area (Å²) in [5, 5.41) is 22.1. The van der Waals surface area contributed by atoms with Crippen LogP contribution in [0.4, 0.5) is 5.13 Å². The fourth-order valence-electron chi connectivity index (χ4n) is 6.21. The van der Waals surface area contributed by atoms with Crippen molar-refractivity contribution in [3.63, 3.8) is 0 Å². The van der Waals surface area contributed by atoms with Crippen molar-refractivity contribution in [3.8, 4) is 0 Å². The number of esters is 1. The summed E-state index contributed by atoms with van der Waals surface area (Å²) in [5.74, 6) is -1.39. The molecule has 3 aromatic carbocycles. The summed E-state index contributed by atoms with van der Waals surface area (Å²) in [5.41, 5.74) is 1.54. The van der Waals surface area contributed by atoms with Gasteiger partial charge in [-0.2, -0.15) is 0 Å². The zero-order chi connectivity index (χ0) is 36.9. The largest absolute Gasteiger partial charge is 0.455 e. The number of amides is 2. The molecule has 0 aliphatic carbocycles. The Morgan fingerprint density at radius 3 is 2.08 bits per heavy atom. The molecule has 52 heavy (non-hydrogen) atoms. The van der Waals surface area contributed by atoms with E-state index in [1.165, 1.54) is 41.2 Å². The zero-order valence-corrected chi connectivity index (χ0v) is 30.7. The van der Waals surface area contributed by atoms with Crippen molar-refractivity contribution in [3.05, 3.63) is 142 Å². The van der Waals surface area contributed by atoms with Crippen LogP contribution in [0.25, 0.3) is 0 Å². The number of oxime groups is 1. The zero-order valence-electron chi connectivity index (χ0n) is 29.1. The van der Waals surface area contributed by atoms with Crippen molar-refractivity contribution >= 4 is 51.7 Å². The highest BCUT2D eigenvalue weighted by Gasteiger charge is 2.54.